The fourth-order valence-corrected chi connectivity index (χ4v) is 5.07. The molecule has 3 atom stereocenters. The Morgan fingerprint density at radius 2 is 1.97 bits per heavy atom. The van der Waals surface area contributed by atoms with Crippen LogP contribution in [0.2, 0.25) is 0 Å². The van der Waals surface area contributed by atoms with Gasteiger partial charge in [-0.3, -0.25) is 19.8 Å². The van der Waals surface area contributed by atoms with Crippen molar-refractivity contribution in [1.29, 1.82) is 0 Å². The Balaban J connectivity index is 1.16. The molecule has 0 bridgehead atoms. The van der Waals surface area contributed by atoms with E-state index in [1.807, 2.05) is 37.3 Å². The highest BCUT2D eigenvalue weighted by Crippen LogP contribution is 2.43. The van der Waals surface area contributed by atoms with Gasteiger partial charge in [0.1, 0.15) is 18.4 Å². The molecule has 2 fully saturated rings. The summed E-state index contributed by atoms with van der Waals surface area (Å²) < 4.78 is 6.06. The Bertz CT molecular complexity index is 1210. The second kappa shape index (κ2) is 9.43. The van der Waals surface area contributed by atoms with Crippen LogP contribution in [0.3, 0.4) is 0 Å². The third-order valence-corrected chi connectivity index (χ3v) is 6.93. The van der Waals surface area contributed by atoms with Gasteiger partial charge in [-0.25, -0.2) is 5.48 Å². The highest BCUT2D eigenvalue weighted by molar-refractivity contribution is 5.89. The van der Waals surface area contributed by atoms with Gasteiger partial charge in [-0.2, -0.15) is 0 Å². The summed E-state index contributed by atoms with van der Waals surface area (Å²) in [6.45, 7) is 3.05. The number of likely N-dealkylation sites (tertiary alicyclic amines) is 1. The quantitative estimate of drug-likeness (QED) is 0.414. The van der Waals surface area contributed by atoms with Crippen molar-refractivity contribution >= 4 is 22.7 Å². The number of fused-ring (bicyclic) bond motifs is 1. The van der Waals surface area contributed by atoms with Crippen LogP contribution in [0.1, 0.15) is 36.1 Å². The number of nitrogens with zero attached hydrogens (tertiary/aromatic N) is 2. The molecule has 176 valence electrons. The van der Waals surface area contributed by atoms with Crippen molar-refractivity contribution in [2.75, 3.05) is 6.54 Å². The molecule has 1 aliphatic carbocycles. The van der Waals surface area contributed by atoms with E-state index < -0.39 is 11.9 Å². The molecule has 5 rings (SSSR count). The maximum Gasteiger partial charge on any atom is 0.266 e. The number of hydrogen-bond acceptors (Lipinski definition) is 5. The number of pyridine rings is 1. The third-order valence-electron chi connectivity index (χ3n) is 6.93. The third kappa shape index (κ3) is 4.61. The maximum atomic E-state index is 12.9. The molecule has 34 heavy (non-hydrogen) atoms. The maximum absolute atomic E-state index is 12.9. The monoisotopic (exact) mass is 459 g/mol. The van der Waals surface area contributed by atoms with E-state index in [0.29, 0.717) is 25.5 Å². The van der Waals surface area contributed by atoms with Crippen molar-refractivity contribution in [2.45, 2.75) is 45.3 Å². The summed E-state index contributed by atoms with van der Waals surface area (Å²) in [6.07, 6.45) is 3.06. The Labute approximate surface area is 198 Å². The molecule has 7 heteroatoms. The molecule has 2 aromatic carbocycles. The van der Waals surface area contributed by atoms with Crippen LogP contribution in [0.15, 0.2) is 54.6 Å². The zero-order valence-corrected chi connectivity index (χ0v) is 19.2. The van der Waals surface area contributed by atoms with E-state index in [1.54, 1.807) is 10.4 Å². The Kier molecular flexibility index (Phi) is 6.20. The van der Waals surface area contributed by atoms with E-state index >= 15 is 0 Å². The zero-order chi connectivity index (χ0) is 23.7. The van der Waals surface area contributed by atoms with Crippen molar-refractivity contribution in [1.82, 2.24) is 15.4 Å². The van der Waals surface area contributed by atoms with Crippen molar-refractivity contribution in [2.24, 2.45) is 11.8 Å². The lowest BCUT2D eigenvalue weighted by atomic mass is 10.1. The van der Waals surface area contributed by atoms with Crippen LogP contribution in [0, 0.1) is 18.8 Å². The molecule has 2 amide bonds. The minimum absolute atomic E-state index is 0.0359. The second-order valence-electron chi connectivity index (χ2n) is 9.34. The topological polar surface area (TPSA) is 91.8 Å². The second-order valence-corrected chi connectivity index (χ2v) is 9.34. The van der Waals surface area contributed by atoms with Gasteiger partial charge in [0.25, 0.3) is 5.91 Å². The summed E-state index contributed by atoms with van der Waals surface area (Å²) in [5, 5.41) is 10.0. The minimum Gasteiger partial charge on any atom is -0.489 e. The Hall–Kier alpha value is -3.45. The van der Waals surface area contributed by atoms with E-state index in [1.165, 1.54) is 5.56 Å². The molecule has 7 nitrogen and oxygen atoms in total. The lowest BCUT2D eigenvalue weighted by Crippen LogP contribution is -2.45. The molecular formula is C27H29N3O4. The fraction of sp³-hybridized carbons (Fsp3) is 0.370. The molecule has 0 radical (unpaired) electrons. The first kappa shape index (κ1) is 22.3. The number of rotatable bonds is 7. The molecule has 2 heterocycles. The number of aromatic nitrogens is 1. The van der Waals surface area contributed by atoms with E-state index in [4.69, 9.17) is 9.94 Å². The number of benzene rings is 2. The van der Waals surface area contributed by atoms with Gasteiger partial charge in [0.2, 0.25) is 5.91 Å². The van der Waals surface area contributed by atoms with E-state index in [9.17, 15) is 9.59 Å². The van der Waals surface area contributed by atoms with Crippen LogP contribution in [0.5, 0.6) is 5.75 Å². The number of carbonyl (C=O) groups excluding carboxylic acids is 2. The summed E-state index contributed by atoms with van der Waals surface area (Å²) in [5.41, 5.74) is 5.92. The van der Waals surface area contributed by atoms with Crippen LogP contribution >= 0.6 is 0 Å². The van der Waals surface area contributed by atoms with E-state index in [2.05, 4.69) is 29.2 Å². The zero-order valence-electron chi connectivity index (χ0n) is 19.2. The van der Waals surface area contributed by atoms with Gasteiger partial charge in [-0.05, 0) is 68.4 Å². The SMILES string of the molecule is Cc1cc(COc2ccc(C[C@@H]3C[C@@H]3C(=O)N3CCC[C@H]3C(=O)NO)cc2)c2ccccc2n1. The fourth-order valence-electron chi connectivity index (χ4n) is 5.07. The van der Waals surface area contributed by atoms with E-state index in [-0.39, 0.29) is 11.8 Å². The van der Waals surface area contributed by atoms with Crippen LogP contribution in [-0.4, -0.2) is 39.5 Å². The lowest BCUT2D eigenvalue weighted by Gasteiger charge is -2.23. The number of ether oxygens (including phenoxy) is 1. The largest absolute Gasteiger partial charge is 0.489 e. The number of nitrogens with one attached hydrogen (secondary N) is 1. The standard InChI is InChI=1S/C27H29N3O4/c1-17-13-20(22-5-2-3-6-24(22)28-17)16-34-21-10-8-18(9-11-21)14-19-15-23(19)27(32)30-12-4-7-25(30)26(31)29-33/h2-3,5-6,8-11,13,19,23,25,33H,4,7,12,14-16H2,1H3,(H,29,31)/t19-,23+,25+/m1/s1. The first-order chi connectivity index (χ1) is 16.5. The number of hydroxylamine groups is 1. The molecule has 2 aliphatic rings. The van der Waals surface area contributed by atoms with Crippen molar-refractivity contribution in [3.05, 3.63) is 71.4 Å². The summed E-state index contributed by atoms with van der Waals surface area (Å²) >= 11 is 0. The van der Waals surface area contributed by atoms with Crippen LogP contribution in [-0.2, 0) is 22.6 Å². The lowest BCUT2D eigenvalue weighted by molar-refractivity contribution is -0.143. The van der Waals surface area contributed by atoms with Crippen molar-refractivity contribution in [3.63, 3.8) is 0 Å². The van der Waals surface area contributed by atoms with Gasteiger partial charge in [0, 0.05) is 29.1 Å². The molecule has 3 aromatic rings. The Morgan fingerprint density at radius 1 is 1.18 bits per heavy atom. The molecule has 1 saturated heterocycles. The molecule has 0 spiro atoms. The molecule has 1 saturated carbocycles. The number of para-hydroxylation sites is 1. The van der Waals surface area contributed by atoms with Crippen molar-refractivity contribution in [3.8, 4) is 5.75 Å². The number of aryl methyl sites for hydroxylation is 1. The van der Waals surface area contributed by atoms with Gasteiger partial charge >= 0.3 is 0 Å². The predicted octanol–water partition coefficient (Wildman–Crippen LogP) is 3.80. The summed E-state index contributed by atoms with van der Waals surface area (Å²) in [7, 11) is 0. The van der Waals surface area contributed by atoms with Crippen LogP contribution in [0.25, 0.3) is 10.9 Å². The normalized spacial score (nSPS) is 21.5. The molecule has 1 aliphatic heterocycles. The first-order valence-corrected chi connectivity index (χ1v) is 11.8. The van der Waals surface area contributed by atoms with Crippen molar-refractivity contribution < 1.29 is 19.5 Å². The molecular weight excluding hydrogens is 430 g/mol. The average molecular weight is 460 g/mol. The molecule has 1 aromatic heterocycles. The van der Waals surface area contributed by atoms with Gasteiger partial charge in [-0.1, -0.05) is 30.3 Å². The predicted molar refractivity (Wildman–Crippen MR) is 127 cm³/mol. The van der Waals surface area contributed by atoms with Gasteiger partial charge < -0.3 is 9.64 Å². The van der Waals surface area contributed by atoms with E-state index in [0.717, 1.165) is 47.2 Å². The summed E-state index contributed by atoms with van der Waals surface area (Å²) in [6, 6.07) is 17.7. The molecule has 0 unspecified atom stereocenters. The number of hydrogen-bond donors (Lipinski definition) is 2. The van der Waals surface area contributed by atoms with Gasteiger partial charge in [0.05, 0.1) is 5.52 Å². The summed E-state index contributed by atoms with van der Waals surface area (Å²) in [5.74, 6) is 0.611. The highest BCUT2D eigenvalue weighted by Gasteiger charge is 2.47. The Morgan fingerprint density at radius 3 is 2.76 bits per heavy atom. The van der Waals surface area contributed by atoms with Crippen LogP contribution in [0.4, 0.5) is 0 Å². The first-order valence-electron chi connectivity index (χ1n) is 11.8. The highest BCUT2D eigenvalue weighted by atomic mass is 16.5. The molecule has 2 N–H and O–H groups in total. The number of amides is 2. The van der Waals surface area contributed by atoms with Crippen LogP contribution < -0.4 is 10.2 Å². The summed E-state index contributed by atoms with van der Waals surface area (Å²) in [4.78, 5) is 30.9. The average Bonchev–Trinajstić information content (AvgIpc) is 3.44. The minimum atomic E-state index is -0.545. The van der Waals surface area contributed by atoms with Gasteiger partial charge in [-0.15, -0.1) is 0 Å². The van der Waals surface area contributed by atoms with Gasteiger partial charge in [0.15, 0.2) is 0 Å². The number of carbonyl (C=O) groups is 2. The smallest absolute Gasteiger partial charge is 0.266 e.